The molecule has 0 saturated carbocycles. The molecule has 94 valence electrons. The van der Waals surface area contributed by atoms with Crippen LogP contribution in [0.4, 0.5) is 5.95 Å². The van der Waals surface area contributed by atoms with Crippen LogP contribution < -0.4 is 10.1 Å². The highest BCUT2D eigenvalue weighted by atomic mass is 16.5. The molecule has 1 aromatic heterocycles. The molecule has 2 aromatic rings. The largest absolute Gasteiger partial charge is 0.496 e. The van der Waals surface area contributed by atoms with E-state index in [0.717, 1.165) is 17.0 Å². The molecular formula is C14H17N3O. The number of nitrogens with one attached hydrogen (secondary N) is 1. The number of benzene rings is 1. The van der Waals surface area contributed by atoms with Gasteiger partial charge in [0, 0.05) is 17.5 Å². The first-order chi connectivity index (χ1) is 8.70. The number of nitrogens with zero attached hydrogens (tertiary/aromatic N) is 2. The Labute approximate surface area is 107 Å². The third kappa shape index (κ3) is 2.77. The molecule has 0 bridgehead atoms. The monoisotopic (exact) mass is 243 g/mol. The van der Waals surface area contributed by atoms with E-state index in [2.05, 4.69) is 22.2 Å². The zero-order valence-electron chi connectivity index (χ0n) is 10.8. The maximum Gasteiger partial charge on any atom is 0.223 e. The fraction of sp³-hybridized carbons (Fsp3) is 0.286. The van der Waals surface area contributed by atoms with Crippen LogP contribution in [-0.4, -0.2) is 17.1 Å². The van der Waals surface area contributed by atoms with Crippen molar-refractivity contribution in [2.75, 3.05) is 12.4 Å². The summed E-state index contributed by atoms with van der Waals surface area (Å²) in [7, 11) is 1.68. The minimum absolute atomic E-state index is 0.0861. The third-order valence-corrected chi connectivity index (χ3v) is 2.75. The number of para-hydroxylation sites is 1. The standard InChI is InChI=1S/C14H17N3O/c1-10-8-9-15-14(16-10)17-11(2)12-6-4-5-7-13(12)18-3/h4-9,11H,1-3H3,(H,15,16,17). The van der Waals surface area contributed by atoms with Crippen molar-refractivity contribution >= 4 is 5.95 Å². The zero-order chi connectivity index (χ0) is 13.0. The maximum absolute atomic E-state index is 5.35. The van der Waals surface area contributed by atoms with Crippen molar-refractivity contribution < 1.29 is 4.74 Å². The van der Waals surface area contributed by atoms with Gasteiger partial charge in [0.15, 0.2) is 0 Å². The van der Waals surface area contributed by atoms with Crippen LogP contribution in [0, 0.1) is 6.92 Å². The van der Waals surface area contributed by atoms with Gasteiger partial charge in [0.25, 0.3) is 0 Å². The van der Waals surface area contributed by atoms with Gasteiger partial charge in [0.05, 0.1) is 13.2 Å². The third-order valence-electron chi connectivity index (χ3n) is 2.75. The van der Waals surface area contributed by atoms with Crippen LogP contribution in [0.25, 0.3) is 0 Å². The zero-order valence-corrected chi connectivity index (χ0v) is 10.8. The van der Waals surface area contributed by atoms with E-state index in [9.17, 15) is 0 Å². The summed E-state index contributed by atoms with van der Waals surface area (Å²) < 4.78 is 5.35. The van der Waals surface area contributed by atoms with Crippen LogP contribution in [-0.2, 0) is 0 Å². The predicted molar refractivity (Wildman–Crippen MR) is 71.8 cm³/mol. The SMILES string of the molecule is COc1ccccc1C(C)Nc1nccc(C)n1. The van der Waals surface area contributed by atoms with Crippen molar-refractivity contribution in [1.82, 2.24) is 9.97 Å². The second-order valence-electron chi connectivity index (χ2n) is 4.13. The Kier molecular flexibility index (Phi) is 3.77. The van der Waals surface area contributed by atoms with Gasteiger partial charge in [-0.15, -0.1) is 0 Å². The molecule has 0 aliphatic carbocycles. The topological polar surface area (TPSA) is 47.0 Å². The fourth-order valence-corrected chi connectivity index (χ4v) is 1.81. The average molecular weight is 243 g/mol. The van der Waals surface area contributed by atoms with Crippen LogP contribution in [0.15, 0.2) is 36.5 Å². The van der Waals surface area contributed by atoms with Gasteiger partial charge in [0.2, 0.25) is 5.95 Å². The van der Waals surface area contributed by atoms with Gasteiger partial charge in [0.1, 0.15) is 5.75 Å². The number of hydrogen-bond acceptors (Lipinski definition) is 4. The number of aryl methyl sites for hydroxylation is 1. The molecule has 0 saturated heterocycles. The molecule has 4 heteroatoms. The molecule has 1 heterocycles. The Morgan fingerprint density at radius 3 is 2.72 bits per heavy atom. The highest BCUT2D eigenvalue weighted by Gasteiger charge is 2.11. The first kappa shape index (κ1) is 12.4. The summed E-state index contributed by atoms with van der Waals surface area (Å²) in [5, 5.41) is 3.27. The second kappa shape index (κ2) is 5.49. The van der Waals surface area contributed by atoms with E-state index in [1.807, 2.05) is 37.3 Å². The van der Waals surface area contributed by atoms with Gasteiger partial charge >= 0.3 is 0 Å². The van der Waals surface area contributed by atoms with Crippen LogP contribution in [0.3, 0.4) is 0 Å². The average Bonchev–Trinajstić information content (AvgIpc) is 2.38. The molecule has 0 radical (unpaired) electrons. The van der Waals surface area contributed by atoms with E-state index in [1.165, 1.54) is 0 Å². The molecule has 0 aliphatic rings. The molecule has 1 unspecified atom stereocenters. The molecule has 1 N–H and O–H groups in total. The predicted octanol–water partition coefficient (Wildman–Crippen LogP) is 2.97. The van der Waals surface area contributed by atoms with Crippen molar-refractivity contribution in [3.63, 3.8) is 0 Å². The molecule has 0 aliphatic heterocycles. The first-order valence-electron chi connectivity index (χ1n) is 5.90. The number of methoxy groups -OCH3 is 1. The molecular weight excluding hydrogens is 226 g/mol. The van der Waals surface area contributed by atoms with Gasteiger partial charge in [-0.1, -0.05) is 18.2 Å². The van der Waals surface area contributed by atoms with E-state index < -0.39 is 0 Å². The Morgan fingerprint density at radius 2 is 2.00 bits per heavy atom. The van der Waals surface area contributed by atoms with Gasteiger partial charge in [-0.05, 0) is 26.0 Å². The van der Waals surface area contributed by atoms with E-state index in [-0.39, 0.29) is 6.04 Å². The first-order valence-corrected chi connectivity index (χ1v) is 5.90. The highest BCUT2D eigenvalue weighted by molar-refractivity contribution is 5.40. The lowest BCUT2D eigenvalue weighted by Gasteiger charge is -2.17. The molecule has 0 amide bonds. The Balaban J connectivity index is 2.19. The molecule has 18 heavy (non-hydrogen) atoms. The number of ether oxygens (including phenoxy) is 1. The minimum atomic E-state index is 0.0861. The summed E-state index contributed by atoms with van der Waals surface area (Å²) in [5.41, 5.74) is 2.03. The summed E-state index contributed by atoms with van der Waals surface area (Å²) in [6.45, 7) is 4.00. The van der Waals surface area contributed by atoms with Crippen LogP contribution in [0.2, 0.25) is 0 Å². The Bertz CT molecular complexity index is 528. The molecule has 0 spiro atoms. The van der Waals surface area contributed by atoms with E-state index in [1.54, 1.807) is 13.3 Å². The number of rotatable bonds is 4. The number of aromatic nitrogens is 2. The van der Waals surface area contributed by atoms with Gasteiger partial charge in [-0.2, -0.15) is 0 Å². The molecule has 0 fully saturated rings. The van der Waals surface area contributed by atoms with Gasteiger partial charge in [-0.25, -0.2) is 9.97 Å². The summed E-state index contributed by atoms with van der Waals surface area (Å²) in [6, 6.07) is 9.89. The van der Waals surface area contributed by atoms with Crippen molar-refractivity contribution in [3.05, 3.63) is 47.8 Å². The smallest absolute Gasteiger partial charge is 0.223 e. The maximum atomic E-state index is 5.35. The summed E-state index contributed by atoms with van der Waals surface area (Å²) in [5.74, 6) is 1.50. The molecule has 4 nitrogen and oxygen atoms in total. The van der Waals surface area contributed by atoms with E-state index in [4.69, 9.17) is 4.74 Å². The summed E-state index contributed by atoms with van der Waals surface area (Å²) in [4.78, 5) is 8.53. The molecule has 2 rings (SSSR count). The minimum Gasteiger partial charge on any atom is -0.496 e. The van der Waals surface area contributed by atoms with Crippen molar-refractivity contribution in [2.45, 2.75) is 19.9 Å². The van der Waals surface area contributed by atoms with E-state index in [0.29, 0.717) is 5.95 Å². The van der Waals surface area contributed by atoms with Gasteiger partial charge < -0.3 is 10.1 Å². The van der Waals surface area contributed by atoms with Crippen LogP contribution >= 0.6 is 0 Å². The number of anilines is 1. The highest BCUT2D eigenvalue weighted by Crippen LogP contribution is 2.26. The second-order valence-corrected chi connectivity index (χ2v) is 4.13. The summed E-state index contributed by atoms with van der Waals surface area (Å²) >= 11 is 0. The van der Waals surface area contributed by atoms with Crippen molar-refractivity contribution in [2.24, 2.45) is 0 Å². The van der Waals surface area contributed by atoms with Crippen molar-refractivity contribution in [1.29, 1.82) is 0 Å². The fourth-order valence-electron chi connectivity index (χ4n) is 1.81. The normalized spacial score (nSPS) is 11.9. The molecule has 1 aromatic carbocycles. The van der Waals surface area contributed by atoms with E-state index >= 15 is 0 Å². The lowest BCUT2D eigenvalue weighted by molar-refractivity contribution is 0.408. The Morgan fingerprint density at radius 1 is 1.22 bits per heavy atom. The Hall–Kier alpha value is -2.10. The number of hydrogen-bond donors (Lipinski definition) is 1. The molecule has 1 atom stereocenters. The van der Waals surface area contributed by atoms with Crippen molar-refractivity contribution in [3.8, 4) is 5.75 Å². The lowest BCUT2D eigenvalue weighted by Crippen LogP contribution is -2.10. The van der Waals surface area contributed by atoms with Crippen LogP contribution in [0.5, 0.6) is 5.75 Å². The quantitative estimate of drug-likeness (QED) is 0.896. The lowest BCUT2D eigenvalue weighted by atomic mass is 10.1. The van der Waals surface area contributed by atoms with Crippen LogP contribution in [0.1, 0.15) is 24.2 Å². The van der Waals surface area contributed by atoms with Gasteiger partial charge in [-0.3, -0.25) is 0 Å². The summed E-state index contributed by atoms with van der Waals surface area (Å²) in [6.07, 6.45) is 1.75.